The number of ketones is 1. The molecule has 1 unspecified atom stereocenters. The van der Waals surface area contributed by atoms with Gasteiger partial charge in [-0.3, -0.25) is 4.79 Å². The van der Waals surface area contributed by atoms with E-state index >= 15 is 0 Å². The lowest BCUT2D eigenvalue weighted by Gasteiger charge is -2.36. The Kier molecular flexibility index (Phi) is 2.33. The van der Waals surface area contributed by atoms with Gasteiger partial charge in [0.15, 0.2) is 0 Å². The van der Waals surface area contributed by atoms with Crippen LogP contribution in [0.3, 0.4) is 0 Å². The molecule has 0 radical (unpaired) electrons. The summed E-state index contributed by atoms with van der Waals surface area (Å²) in [6.07, 6.45) is 2.42. The van der Waals surface area contributed by atoms with Crippen LogP contribution in [0.5, 0.6) is 0 Å². The van der Waals surface area contributed by atoms with Crippen LogP contribution >= 0.6 is 0 Å². The van der Waals surface area contributed by atoms with E-state index in [-0.39, 0.29) is 11.5 Å². The van der Waals surface area contributed by atoms with Crippen LogP contribution in [0.25, 0.3) is 0 Å². The maximum atomic E-state index is 11.0. The largest absolute Gasteiger partial charge is 0.380 e. The average Bonchev–Trinajstić information content (AvgIpc) is 1.94. The number of rotatable bonds is 1. The van der Waals surface area contributed by atoms with Gasteiger partial charge in [0.05, 0.1) is 6.10 Å². The van der Waals surface area contributed by atoms with Crippen molar-refractivity contribution in [3.63, 3.8) is 0 Å². The first-order valence-electron chi connectivity index (χ1n) is 4.11. The highest BCUT2D eigenvalue weighted by Gasteiger charge is 2.35. The SMILES string of the molecule is COC1CC(=O)CCC1(C)C. The molecule has 1 aliphatic carbocycles. The van der Waals surface area contributed by atoms with E-state index in [1.165, 1.54) is 0 Å². The molecule has 2 nitrogen and oxygen atoms in total. The van der Waals surface area contributed by atoms with Crippen molar-refractivity contribution in [2.75, 3.05) is 7.11 Å². The second-order valence-corrected chi connectivity index (χ2v) is 3.96. The predicted molar refractivity (Wildman–Crippen MR) is 43.4 cm³/mol. The Bertz CT molecular complexity index is 161. The van der Waals surface area contributed by atoms with Crippen LogP contribution in [-0.4, -0.2) is 19.0 Å². The third kappa shape index (κ3) is 1.80. The standard InChI is InChI=1S/C9H16O2/c1-9(2)5-4-7(10)6-8(9)11-3/h8H,4-6H2,1-3H3. The summed E-state index contributed by atoms with van der Waals surface area (Å²) < 4.78 is 5.26. The molecule has 11 heavy (non-hydrogen) atoms. The lowest BCUT2D eigenvalue weighted by molar-refractivity contribution is -0.129. The third-order valence-electron chi connectivity index (χ3n) is 2.62. The first-order valence-corrected chi connectivity index (χ1v) is 4.11. The van der Waals surface area contributed by atoms with Gasteiger partial charge in [-0.05, 0) is 11.8 Å². The summed E-state index contributed by atoms with van der Waals surface area (Å²) >= 11 is 0. The van der Waals surface area contributed by atoms with Gasteiger partial charge in [-0.1, -0.05) is 13.8 Å². The van der Waals surface area contributed by atoms with Gasteiger partial charge in [-0.2, -0.15) is 0 Å². The summed E-state index contributed by atoms with van der Waals surface area (Å²) in [6.45, 7) is 4.32. The van der Waals surface area contributed by atoms with E-state index in [1.54, 1.807) is 7.11 Å². The minimum Gasteiger partial charge on any atom is -0.380 e. The Labute approximate surface area is 67.9 Å². The van der Waals surface area contributed by atoms with Gasteiger partial charge in [0.2, 0.25) is 0 Å². The highest BCUT2D eigenvalue weighted by atomic mass is 16.5. The zero-order chi connectivity index (χ0) is 8.48. The molecule has 64 valence electrons. The summed E-state index contributed by atoms with van der Waals surface area (Å²) in [5.41, 5.74) is 0.183. The molecule has 0 amide bonds. The van der Waals surface area contributed by atoms with Crippen molar-refractivity contribution in [1.29, 1.82) is 0 Å². The van der Waals surface area contributed by atoms with Crippen molar-refractivity contribution < 1.29 is 9.53 Å². The summed E-state index contributed by atoms with van der Waals surface area (Å²) in [7, 11) is 1.69. The maximum Gasteiger partial charge on any atom is 0.135 e. The summed E-state index contributed by atoms with van der Waals surface area (Å²) in [6, 6.07) is 0. The lowest BCUT2D eigenvalue weighted by atomic mass is 9.74. The lowest BCUT2D eigenvalue weighted by Crippen LogP contribution is -2.37. The van der Waals surface area contributed by atoms with Crippen LogP contribution in [0, 0.1) is 5.41 Å². The number of Topliss-reactive ketones (excluding diaryl/α,β-unsaturated/α-hetero) is 1. The molecule has 0 aliphatic heterocycles. The van der Waals surface area contributed by atoms with E-state index in [4.69, 9.17) is 4.74 Å². The minimum absolute atomic E-state index is 0.128. The molecule has 1 saturated carbocycles. The second-order valence-electron chi connectivity index (χ2n) is 3.96. The highest BCUT2D eigenvalue weighted by molar-refractivity contribution is 5.79. The van der Waals surface area contributed by atoms with E-state index in [1.807, 2.05) is 0 Å². The molecule has 1 atom stereocenters. The Morgan fingerprint density at radius 2 is 2.18 bits per heavy atom. The minimum atomic E-state index is 0.128. The van der Waals surface area contributed by atoms with Gasteiger partial charge in [0, 0.05) is 20.0 Å². The topological polar surface area (TPSA) is 26.3 Å². The zero-order valence-electron chi connectivity index (χ0n) is 7.52. The highest BCUT2D eigenvalue weighted by Crippen LogP contribution is 2.35. The molecule has 1 rings (SSSR count). The molecule has 2 heteroatoms. The van der Waals surface area contributed by atoms with Crippen LogP contribution in [0.2, 0.25) is 0 Å². The van der Waals surface area contributed by atoms with Gasteiger partial charge in [-0.25, -0.2) is 0 Å². The van der Waals surface area contributed by atoms with Crippen molar-refractivity contribution in [3.8, 4) is 0 Å². The molecule has 1 aliphatic rings. The number of hydrogen-bond acceptors (Lipinski definition) is 2. The molecule has 0 spiro atoms. The van der Waals surface area contributed by atoms with Gasteiger partial charge in [-0.15, -0.1) is 0 Å². The van der Waals surface area contributed by atoms with Crippen molar-refractivity contribution in [2.24, 2.45) is 5.41 Å². The van der Waals surface area contributed by atoms with Gasteiger partial charge < -0.3 is 4.74 Å². The maximum absolute atomic E-state index is 11.0. The number of methoxy groups -OCH3 is 1. The summed E-state index contributed by atoms with van der Waals surface area (Å²) in [5, 5.41) is 0. The van der Waals surface area contributed by atoms with Crippen molar-refractivity contribution in [3.05, 3.63) is 0 Å². The first-order chi connectivity index (χ1) is 5.06. The second kappa shape index (κ2) is 2.94. The summed E-state index contributed by atoms with van der Waals surface area (Å²) in [5.74, 6) is 0.344. The number of ether oxygens (including phenoxy) is 1. The molecule has 0 N–H and O–H groups in total. The van der Waals surface area contributed by atoms with Crippen molar-refractivity contribution in [2.45, 2.75) is 39.2 Å². The fraction of sp³-hybridized carbons (Fsp3) is 0.889. The Morgan fingerprint density at radius 1 is 1.55 bits per heavy atom. The Hall–Kier alpha value is -0.370. The van der Waals surface area contributed by atoms with Crippen LogP contribution in [0.15, 0.2) is 0 Å². The quantitative estimate of drug-likeness (QED) is 0.578. The van der Waals surface area contributed by atoms with Crippen LogP contribution < -0.4 is 0 Å². The molecular weight excluding hydrogens is 140 g/mol. The normalized spacial score (nSPS) is 30.5. The average molecular weight is 156 g/mol. The smallest absolute Gasteiger partial charge is 0.135 e. The Morgan fingerprint density at radius 3 is 2.64 bits per heavy atom. The molecule has 0 aromatic carbocycles. The molecule has 0 saturated heterocycles. The first kappa shape index (κ1) is 8.72. The zero-order valence-corrected chi connectivity index (χ0v) is 7.52. The van der Waals surface area contributed by atoms with E-state index in [9.17, 15) is 4.79 Å². The molecule has 0 aromatic rings. The predicted octanol–water partition coefficient (Wildman–Crippen LogP) is 1.78. The van der Waals surface area contributed by atoms with Gasteiger partial charge in [0.25, 0.3) is 0 Å². The third-order valence-corrected chi connectivity index (χ3v) is 2.62. The Balaban J connectivity index is 2.63. The molecular formula is C9H16O2. The van der Waals surface area contributed by atoms with Crippen molar-refractivity contribution >= 4 is 5.78 Å². The molecule has 0 bridgehead atoms. The van der Waals surface area contributed by atoms with E-state index in [0.717, 1.165) is 12.8 Å². The number of hydrogen-bond donors (Lipinski definition) is 0. The van der Waals surface area contributed by atoms with Crippen molar-refractivity contribution in [1.82, 2.24) is 0 Å². The van der Waals surface area contributed by atoms with E-state index in [2.05, 4.69) is 13.8 Å². The molecule has 0 aromatic heterocycles. The number of carbonyl (C=O) groups is 1. The monoisotopic (exact) mass is 156 g/mol. The molecule has 1 fully saturated rings. The van der Waals surface area contributed by atoms with E-state index in [0.29, 0.717) is 12.2 Å². The fourth-order valence-electron chi connectivity index (χ4n) is 1.61. The van der Waals surface area contributed by atoms with Crippen LogP contribution in [0.1, 0.15) is 33.1 Å². The fourth-order valence-corrected chi connectivity index (χ4v) is 1.61. The van der Waals surface area contributed by atoms with Gasteiger partial charge >= 0.3 is 0 Å². The number of carbonyl (C=O) groups excluding carboxylic acids is 1. The summed E-state index contributed by atoms with van der Waals surface area (Å²) in [4.78, 5) is 11.0. The molecule has 0 heterocycles. The van der Waals surface area contributed by atoms with Gasteiger partial charge in [0.1, 0.15) is 5.78 Å². The van der Waals surface area contributed by atoms with Crippen LogP contribution in [0.4, 0.5) is 0 Å². The van der Waals surface area contributed by atoms with Crippen LogP contribution in [-0.2, 0) is 9.53 Å². The van der Waals surface area contributed by atoms with E-state index < -0.39 is 0 Å².